The number of nitrogens with zero attached hydrogens (tertiary/aromatic N) is 1. The molecule has 3 aromatic carbocycles. The van der Waals surface area contributed by atoms with E-state index < -0.39 is 30.6 Å². The number of alkyl carbamates (subject to hydrolysis) is 1. The minimum atomic E-state index is -1.08. The predicted octanol–water partition coefficient (Wildman–Crippen LogP) is 4.34. The Morgan fingerprint density at radius 2 is 1.46 bits per heavy atom. The molecule has 7 nitrogen and oxygen atoms in total. The molecule has 1 saturated carbocycles. The van der Waals surface area contributed by atoms with Crippen LogP contribution >= 0.6 is 0 Å². The molecule has 0 aromatic heterocycles. The summed E-state index contributed by atoms with van der Waals surface area (Å²) in [5, 5.41) is 12.0. The molecule has 0 aliphatic heterocycles. The SMILES string of the molecule is O=C(O)CN(C(=O)[C@H](NC(=O)OCC1c2ccccc2-c2ccccc21)c1ccccc1)C1CC1. The summed E-state index contributed by atoms with van der Waals surface area (Å²) in [5.41, 5.74) is 5.02. The number of carbonyl (C=O) groups is 3. The summed E-state index contributed by atoms with van der Waals surface area (Å²) < 4.78 is 5.64. The lowest BCUT2D eigenvalue weighted by Gasteiger charge is -2.27. The molecule has 0 spiro atoms. The normalized spacial score (nSPS) is 15.0. The number of benzene rings is 3. The maximum atomic E-state index is 13.4. The van der Waals surface area contributed by atoms with Crippen molar-refractivity contribution in [2.45, 2.75) is 30.8 Å². The van der Waals surface area contributed by atoms with Crippen LogP contribution in [-0.2, 0) is 14.3 Å². The number of ether oxygens (including phenoxy) is 1. The third-order valence-corrected chi connectivity index (χ3v) is 6.56. The highest BCUT2D eigenvalue weighted by Crippen LogP contribution is 2.44. The van der Waals surface area contributed by atoms with Crippen LogP contribution in [0.4, 0.5) is 4.79 Å². The van der Waals surface area contributed by atoms with Crippen molar-refractivity contribution in [1.29, 1.82) is 0 Å². The summed E-state index contributed by atoms with van der Waals surface area (Å²) in [6.07, 6.45) is 0.789. The van der Waals surface area contributed by atoms with Crippen LogP contribution in [0.5, 0.6) is 0 Å². The number of carboxylic acid groups (broad SMARTS) is 1. The zero-order chi connectivity index (χ0) is 24.4. The summed E-state index contributed by atoms with van der Waals surface area (Å²) in [6.45, 7) is -0.282. The summed E-state index contributed by atoms with van der Waals surface area (Å²) in [4.78, 5) is 39.0. The highest BCUT2D eigenvalue weighted by atomic mass is 16.5. The number of carbonyl (C=O) groups excluding carboxylic acids is 2. The van der Waals surface area contributed by atoms with E-state index in [9.17, 15) is 19.5 Å². The molecule has 5 rings (SSSR count). The molecule has 35 heavy (non-hydrogen) atoms. The van der Waals surface area contributed by atoms with Gasteiger partial charge in [-0.2, -0.15) is 0 Å². The lowest BCUT2D eigenvalue weighted by molar-refractivity contribution is -0.145. The van der Waals surface area contributed by atoms with Crippen molar-refractivity contribution in [3.05, 3.63) is 95.6 Å². The van der Waals surface area contributed by atoms with Gasteiger partial charge in [0.15, 0.2) is 0 Å². The fourth-order valence-corrected chi connectivity index (χ4v) is 4.78. The molecule has 2 aliphatic rings. The molecule has 0 bridgehead atoms. The maximum Gasteiger partial charge on any atom is 0.408 e. The largest absolute Gasteiger partial charge is 0.480 e. The topological polar surface area (TPSA) is 95.9 Å². The number of nitrogens with one attached hydrogen (secondary N) is 1. The van der Waals surface area contributed by atoms with E-state index in [4.69, 9.17) is 4.74 Å². The molecule has 3 aromatic rings. The third-order valence-electron chi connectivity index (χ3n) is 6.56. The Morgan fingerprint density at radius 3 is 2.03 bits per heavy atom. The van der Waals surface area contributed by atoms with E-state index in [0.717, 1.165) is 35.1 Å². The van der Waals surface area contributed by atoms with Crippen LogP contribution in [0.25, 0.3) is 11.1 Å². The van der Waals surface area contributed by atoms with Gasteiger partial charge in [-0.05, 0) is 40.7 Å². The van der Waals surface area contributed by atoms with Crippen molar-refractivity contribution in [1.82, 2.24) is 10.2 Å². The predicted molar refractivity (Wildman–Crippen MR) is 130 cm³/mol. The summed E-state index contributed by atoms with van der Waals surface area (Å²) in [6, 6.07) is 23.8. The first-order valence-electron chi connectivity index (χ1n) is 11.7. The Morgan fingerprint density at radius 1 is 0.886 bits per heavy atom. The molecule has 1 atom stereocenters. The van der Waals surface area contributed by atoms with Crippen molar-refractivity contribution < 1.29 is 24.2 Å². The highest BCUT2D eigenvalue weighted by molar-refractivity contribution is 5.89. The quantitative estimate of drug-likeness (QED) is 0.511. The zero-order valence-corrected chi connectivity index (χ0v) is 19.1. The van der Waals surface area contributed by atoms with E-state index in [2.05, 4.69) is 17.4 Å². The number of aliphatic carboxylic acids is 1. The minimum Gasteiger partial charge on any atom is -0.480 e. The van der Waals surface area contributed by atoms with Gasteiger partial charge < -0.3 is 20.1 Å². The van der Waals surface area contributed by atoms with E-state index in [1.807, 2.05) is 42.5 Å². The van der Waals surface area contributed by atoms with Gasteiger partial charge in [0.1, 0.15) is 19.2 Å². The number of rotatable bonds is 8. The average Bonchev–Trinajstić information content (AvgIpc) is 3.67. The zero-order valence-electron chi connectivity index (χ0n) is 19.1. The summed E-state index contributed by atoms with van der Waals surface area (Å²) >= 11 is 0. The maximum absolute atomic E-state index is 13.4. The van der Waals surface area contributed by atoms with Gasteiger partial charge >= 0.3 is 12.1 Å². The number of carboxylic acids is 1. The van der Waals surface area contributed by atoms with Crippen LogP contribution in [0, 0.1) is 0 Å². The van der Waals surface area contributed by atoms with Gasteiger partial charge in [-0.15, -0.1) is 0 Å². The molecule has 1 fully saturated rings. The fraction of sp³-hybridized carbons (Fsp3) is 0.250. The molecule has 178 valence electrons. The van der Waals surface area contributed by atoms with E-state index in [-0.39, 0.29) is 18.6 Å². The Hall–Kier alpha value is -4.13. The van der Waals surface area contributed by atoms with Gasteiger partial charge in [0.05, 0.1) is 0 Å². The standard InChI is InChI=1S/C28H26N2O5/c31-25(32)16-30(19-14-15-19)27(33)26(18-8-2-1-3-9-18)29-28(34)35-17-24-22-12-6-4-10-20(22)21-11-5-7-13-23(21)24/h1-13,19,24,26H,14-17H2,(H,29,34)(H,31,32)/t26-/m1/s1. The van der Waals surface area contributed by atoms with Crippen molar-refractivity contribution in [2.75, 3.05) is 13.2 Å². The molecule has 2 N–H and O–H groups in total. The second-order valence-electron chi connectivity index (χ2n) is 8.90. The van der Waals surface area contributed by atoms with Crippen LogP contribution in [-0.4, -0.2) is 47.2 Å². The van der Waals surface area contributed by atoms with E-state index in [1.165, 1.54) is 4.90 Å². The third kappa shape index (κ3) is 4.75. The molecule has 7 heteroatoms. The van der Waals surface area contributed by atoms with Gasteiger partial charge in [0, 0.05) is 12.0 Å². The van der Waals surface area contributed by atoms with Gasteiger partial charge in [0.25, 0.3) is 5.91 Å². The van der Waals surface area contributed by atoms with Gasteiger partial charge in [-0.25, -0.2) is 4.79 Å². The first-order chi connectivity index (χ1) is 17.0. The lowest BCUT2D eigenvalue weighted by atomic mass is 9.98. The molecular weight excluding hydrogens is 444 g/mol. The summed E-state index contributed by atoms with van der Waals surface area (Å²) in [5.74, 6) is -1.64. The van der Waals surface area contributed by atoms with Crippen LogP contribution in [0.1, 0.15) is 41.5 Å². The van der Waals surface area contributed by atoms with Crippen LogP contribution in [0.3, 0.4) is 0 Å². The van der Waals surface area contributed by atoms with Crippen molar-refractivity contribution in [2.24, 2.45) is 0 Å². The van der Waals surface area contributed by atoms with Crippen molar-refractivity contribution in [3.8, 4) is 11.1 Å². The van der Waals surface area contributed by atoms with E-state index in [1.54, 1.807) is 24.3 Å². The number of hydrogen-bond acceptors (Lipinski definition) is 4. The molecular formula is C28H26N2O5. The average molecular weight is 471 g/mol. The van der Waals surface area contributed by atoms with Gasteiger partial charge in [0.2, 0.25) is 0 Å². The Kier molecular flexibility index (Phi) is 6.23. The van der Waals surface area contributed by atoms with Crippen LogP contribution in [0.15, 0.2) is 78.9 Å². The second kappa shape index (κ2) is 9.62. The second-order valence-corrected chi connectivity index (χ2v) is 8.90. The van der Waals surface area contributed by atoms with Gasteiger partial charge in [-0.3, -0.25) is 9.59 Å². The molecule has 2 amide bonds. The first kappa shape index (κ1) is 22.7. The molecule has 0 radical (unpaired) electrons. The molecule has 2 aliphatic carbocycles. The minimum absolute atomic E-state index is 0.103. The highest BCUT2D eigenvalue weighted by Gasteiger charge is 2.38. The Bertz CT molecular complexity index is 1210. The molecule has 0 heterocycles. The fourth-order valence-electron chi connectivity index (χ4n) is 4.78. The van der Waals surface area contributed by atoms with Gasteiger partial charge in [-0.1, -0.05) is 78.9 Å². The smallest absolute Gasteiger partial charge is 0.408 e. The van der Waals surface area contributed by atoms with Crippen LogP contribution in [0.2, 0.25) is 0 Å². The Balaban J connectivity index is 1.33. The number of amides is 2. The molecule has 0 saturated heterocycles. The van der Waals surface area contributed by atoms with Crippen LogP contribution < -0.4 is 5.32 Å². The molecule has 0 unspecified atom stereocenters. The number of fused-ring (bicyclic) bond motifs is 3. The Labute approximate surface area is 203 Å². The monoisotopic (exact) mass is 470 g/mol. The lowest BCUT2D eigenvalue weighted by Crippen LogP contribution is -2.46. The first-order valence-corrected chi connectivity index (χ1v) is 11.7. The van der Waals surface area contributed by atoms with Crippen molar-refractivity contribution in [3.63, 3.8) is 0 Å². The van der Waals surface area contributed by atoms with Crippen molar-refractivity contribution >= 4 is 18.0 Å². The van der Waals surface area contributed by atoms with E-state index in [0.29, 0.717) is 5.56 Å². The number of hydrogen-bond donors (Lipinski definition) is 2. The van der Waals surface area contributed by atoms with E-state index >= 15 is 0 Å². The summed E-state index contributed by atoms with van der Waals surface area (Å²) in [7, 11) is 0.